The van der Waals surface area contributed by atoms with Crippen LogP contribution in [-0.4, -0.2) is 28.8 Å². The van der Waals surface area contributed by atoms with Gasteiger partial charge in [0.15, 0.2) is 0 Å². The van der Waals surface area contributed by atoms with E-state index in [1.165, 1.54) is 16.7 Å². The van der Waals surface area contributed by atoms with Gasteiger partial charge in [0.1, 0.15) is 0 Å². The number of nitrogens with zero attached hydrogens (tertiary/aromatic N) is 1. The molecule has 1 aromatic carbocycles. The van der Waals surface area contributed by atoms with E-state index in [0.29, 0.717) is 5.92 Å². The van der Waals surface area contributed by atoms with E-state index < -0.39 is 0 Å². The maximum Gasteiger partial charge on any atom is 0.0695 e. The molecule has 1 aromatic heterocycles. The van der Waals surface area contributed by atoms with Crippen molar-refractivity contribution < 1.29 is 0 Å². The maximum atomic E-state index is 4.08. The summed E-state index contributed by atoms with van der Waals surface area (Å²) < 4.78 is 0. The normalized spacial score (nSPS) is 13.1. The Morgan fingerprint density at radius 2 is 2.35 bits per heavy atom. The molecule has 0 fully saturated rings. The molecule has 1 atom stereocenters. The number of para-hydroxylation sites is 1. The molecule has 4 heteroatoms. The Morgan fingerprint density at radius 3 is 3.18 bits per heavy atom. The van der Waals surface area contributed by atoms with Crippen LogP contribution in [0, 0.1) is 5.92 Å². The van der Waals surface area contributed by atoms with E-state index in [4.69, 9.17) is 0 Å². The standard InChI is InChI=1S/C13H19N3S/c1-10(9-17-2)6-14-7-11-4-3-5-12-8-15-16-13(11)12/h3-5,8,10,14H,6-7,9H2,1-2H3,(H,15,16)/t10-/m0/s1. The minimum Gasteiger partial charge on any atom is -0.312 e. The van der Waals surface area contributed by atoms with Crippen LogP contribution in [0.2, 0.25) is 0 Å². The van der Waals surface area contributed by atoms with E-state index in [0.717, 1.165) is 18.6 Å². The van der Waals surface area contributed by atoms with Gasteiger partial charge in [0.2, 0.25) is 0 Å². The summed E-state index contributed by atoms with van der Waals surface area (Å²) >= 11 is 1.90. The highest BCUT2D eigenvalue weighted by Gasteiger charge is 2.04. The zero-order valence-corrected chi connectivity index (χ0v) is 11.2. The molecule has 0 amide bonds. The van der Waals surface area contributed by atoms with Crippen LogP contribution in [0.25, 0.3) is 10.9 Å². The first-order chi connectivity index (χ1) is 8.31. The lowest BCUT2D eigenvalue weighted by molar-refractivity contribution is 0.560. The molecule has 3 nitrogen and oxygen atoms in total. The van der Waals surface area contributed by atoms with Crippen LogP contribution in [0.3, 0.4) is 0 Å². The first-order valence-corrected chi connectivity index (χ1v) is 7.31. The van der Waals surface area contributed by atoms with Gasteiger partial charge in [-0.25, -0.2) is 0 Å². The number of benzene rings is 1. The molecule has 0 unspecified atom stereocenters. The van der Waals surface area contributed by atoms with Gasteiger partial charge in [-0.1, -0.05) is 25.1 Å². The van der Waals surface area contributed by atoms with E-state index >= 15 is 0 Å². The fourth-order valence-corrected chi connectivity index (χ4v) is 2.66. The first kappa shape index (κ1) is 12.5. The lowest BCUT2D eigenvalue weighted by Crippen LogP contribution is -2.22. The largest absolute Gasteiger partial charge is 0.312 e. The SMILES string of the molecule is CSC[C@@H](C)CNCc1cccc2cn[nH]c12. The van der Waals surface area contributed by atoms with Crippen molar-refractivity contribution in [2.24, 2.45) is 5.92 Å². The summed E-state index contributed by atoms with van der Waals surface area (Å²) in [6.45, 7) is 4.24. The van der Waals surface area contributed by atoms with Gasteiger partial charge in [-0.3, -0.25) is 5.10 Å². The van der Waals surface area contributed by atoms with Crippen molar-refractivity contribution in [2.45, 2.75) is 13.5 Å². The van der Waals surface area contributed by atoms with Crippen LogP contribution in [0.15, 0.2) is 24.4 Å². The van der Waals surface area contributed by atoms with Gasteiger partial charge in [-0.15, -0.1) is 0 Å². The lowest BCUT2D eigenvalue weighted by atomic mass is 10.1. The predicted molar refractivity (Wildman–Crippen MR) is 75.3 cm³/mol. The van der Waals surface area contributed by atoms with Crippen molar-refractivity contribution in [2.75, 3.05) is 18.6 Å². The lowest BCUT2D eigenvalue weighted by Gasteiger charge is -2.11. The number of aromatic nitrogens is 2. The number of H-pyrrole nitrogens is 1. The zero-order valence-electron chi connectivity index (χ0n) is 10.4. The molecule has 92 valence electrons. The molecule has 0 saturated carbocycles. The van der Waals surface area contributed by atoms with Crippen LogP contribution in [0.4, 0.5) is 0 Å². The summed E-state index contributed by atoms with van der Waals surface area (Å²) in [7, 11) is 0. The minimum atomic E-state index is 0.714. The third-order valence-electron chi connectivity index (χ3n) is 2.82. The maximum absolute atomic E-state index is 4.08. The Bertz CT molecular complexity index is 466. The molecule has 17 heavy (non-hydrogen) atoms. The Labute approximate surface area is 106 Å². The number of aromatic amines is 1. The molecule has 0 bridgehead atoms. The van der Waals surface area contributed by atoms with Crippen molar-refractivity contribution >= 4 is 22.7 Å². The molecule has 0 aliphatic heterocycles. The molecule has 1 heterocycles. The second kappa shape index (κ2) is 6.07. The fourth-order valence-electron chi connectivity index (χ4n) is 1.97. The Kier molecular flexibility index (Phi) is 4.45. The van der Waals surface area contributed by atoms with Gasteiger partial charge >= 0.3 is 0 Å². The van der Waals surface area contributed by atoms with Crippen LogP contribution in [-0.2, 0) is 6.54 Å². The molecule has 0 saturated heterocycles. The van der Waals surface area contributed by atoms with Gasteiger partial charge < -0.3 is 5.32 Å². The van der Waals surface area contributed by atoms with Crippen molar-refractivity contribution in [3.63, 3.8) is 0 Å². The quantitative estimate of drug-likeness (QED) is 0.827. The Hall–Kier alpha value is -1.00. The molecule has 0 aliphatic carbocycles. The van der Waals surface area contributed by atoms with E-state index in [-0.39, 0.29) is 0 Å². The number of fused-ring (bicyclic) bond motifs is 1. The van der Waals surface area contributed by atoms with Crippen LogP contribution < -0.4 is 5.32 Å². The molecule has 2 N–H and O–H groups in total. The second-order valence-corrected chi connectivity index (χ2v) is 5.35. The summed E-state index contributed by atoms with van der Waals surface area (Å²) in [5.74, 6) is 1.92. The molecule has 0 spiro atoms. The highest BCUT2D eigenvalue weighted by molar-refractivity contribution is 7.98. The molecule has 2 aromatic rings. The predicted octanol–water partition coefficient (Wildman–Crippen LogP) is 2.65. The number of hydrogen-bond donors (Lipinski definition) is 2. The third kappa shape index (κ3) is 3.23. The van der Waals surface area contributed by atoms with Crippen molar-refractivity contribution in [3.05, 3.63) is 30.0 Å². The highest BCUT2D eigenvalue weighted by Crippen LogP contribution is 2.15. The van der Waals surface area contributed by atoms with E-state index in [1.807, 2.05) is 18.0 Å². The van der Waals surface area contributed by atoms with Crippen molar-refractivity contribution in [1.82, 2.24) is 15.5 Å². The monoisotopic (exact) mass is 249 g/mol. The summed E-state index contributed by atoms with van der Waals surface area (Å²) in [6, 6.07) is 6.31. The van der Waals surface area contributed by atoms with Crippen LogP contribution in [0.5, 0.6) is 0 Å². The fraction of sp³-hybridized carbons (Fsp3) is 0.462. The van der Waals surface area contributed by atoms with Gasteiger partial charge in [0, 0.05) is 11.9 Å². The van der Waals surface area contributed by atoms with E-state index in [9.17, 15) is 0 Å². The van der Waals surface area contributed by atoms with Gasteiger partial charge in [-0.05, 0) is 30.0 Å². The molecular weight excluding hydrogens is 230 g/mol. The number of nitrogens with one attached hydrogen (secondary N) is 2. The van der Waals surface area contributed by atoms with Gasteiger partial charge in [0.05, 0.1) is 11.7 Å². The average molecular weight is 249 g/mol. The Morgan fingerprint density at radius 1 is 1.47 bits per heavy atom. The zero-order chi connectivity index (χ0) is 12.1. The highest BCUT2D eigenvalue weighted by atomic mass is 32.2. The average Bonchev–Trinajstić information content (AvgIpc) is 2.78. The van der Waals surface area contributed by atoms with Gasteiger partial charge in [0.25, 0.3) is 0 Å². The molecular formula is C13H19N3S. The number of rotatable bonds is 6. The summed E-state index contributed by atoms with van der Waals surface area (Å²) in [5, 5.41) is 11.8. The third-order valence-corrected chi connectivity index (χ3v) is 3.72. The molecule has 0 radical (unpaired) electrons. The summed E-state index contributed by atoms with van der Waals surface area (Å²) in [6.07, 6.45) is 4.02. The summed E-state index contributed by atoms with van der Waals surface area (Å²) in [4.78, 5) is 0. The topological polar surface area (TPSA) is 40.7 Å². The number of hydrogen-bond acceptors (Lipinski definition) is 3. The minimum absolute atomic E-state index is 0.714. The van der Waals surface area contributed by atoms with E-state index in [2.05, 4.69) is 46.9 Å². The smallest absolute Gasteiger partial charge is 0.0695 e. The van der Waals surface area contributed by atoms with Crippen LogP contribution in [0.1, 0.15) is 12.5 Å². The second-order valence-electron chi connectivity index (χ2n) is 4.44. The molecule has 2 rings (SSSR count). The van der Waals surface area contributed by atoms with Crippen molar-refractivity contribution in [3.8, 4) is 0 Å². The summed E-state index contributed by atoms with van der Waals surface area (Å²) in [5.41, 5.74) is 2.44. The van der Waals surface area contributed by atoms with Crippen molar-refractivity contribution in [1.29, 1.82) is 0 Å². The van der Waals surface area contributed by atoms with Gasteiger partial charge in [-0.2, -0.15) is 16.9 Å². The van der Waals surface area contributed by atoms with Crippen LogP contribution >= 0.6 is 11.8 Å². The van der Waals surface area contributed by atoms with E-state index in [1.54, 1.807) is 0 Å². The number of thioether (sulfide) groups is 1. The first-order valence-electron chi connectivity index (χ1n) is 5.92. The molecule has 0 aliphatic rings. The Balaban J connectivity index is 1.92.